The SMILES string of the molecule is Cc1ccccc1-n1c([C@@H]2CCCN2c2nc(N)nn3ccnc23)nc2cccc(Cl)c2c1=O. The minimum atomic E-state index is -0.217. The van der Waals surface area contributed by atoms with Crippen molar-refractivity contribution in [2.45, 2.75) is 25.8 Å². The number of nitrogens with two attached hydrogens (primary N) is 1. The molecule has 0 saturated carbocycles. The van der Waals surface area contributed by atoms with Crippen molar-refractivity contribution in [1.29, 1.82) is 0 Å². The van der Waals surface area contributed by atoms with E-state index in [1.165, 1.54) is 0 Å². The van der Waals surface area contributed by atoms with Gasteiger partial charge in [0.1, 0.15) is 5.82 Å². The zero-order valence-corrected chi connectivity index (χ0v) is 19.1. The molecule has 0 radical (unpaired) electrons. The molecule has 9 nitrogen and oxygen atoms in total. The first kappa shape index (κ1) is 20.6. The fourth-order valence-corrected chi connectivity index (χ4v) is 5.04. The molecule has 10 heteroatoms. The summed E-state index contributed by atoms with van der Waals surface area (Å²) in [6, 6.07) is 12.9. The minimum absolute atomic E-state index is 0.153. The Bertz CT molecular complexity index is 1630. The average Bonchev–Trinajstić information content (AvgIpc) is 3.49. The number of halogens is 1. The largest absolute Gasteiger partial charge is 0.366 e. The van der Waals surface area contributed by atoms with E-state index in [4.69, 9.17) is 22.3 Å². The van der Waals surface area contributed by atoms with Gasteiger partial charge in [-0.1, -0.05) is 35.9 Å². The molecule has 1 aliphatic rings. The number of aryl methyl sites for hydroxylation is 1. The predicted octanol–water partition coefficient (Wildman–Crippen LogP) is 3.71. The highest BCUT2D eigenvalue weighted by Crippen LogP contribution is 2.37. The van der Waals surface area contributed by atoms with Gasteiger partial charge < -0.3 is 10.6 Å². The maximum absolute atomic E-state index is 13.9. The predicted molar refractivity (Wildman–Crippen MR) is 132 cm³/mol. The number of nitrogens with zero attached hydrogens (tertiary/aromatic N) is 7. The molecule has 34 heavy (non-hydrogen) atoms. The second-order valence-electron chi connectivity index (χ2n) is 8.37. The second-order valence-corrected chi connectivity index (χ2v) is 8.78. The number of anilines is 2. The van der Waals surface area contributed by atoms with E-state index in [1.54, 1.807) is 27.5 Å². The Hall–Kier alpha value is -3.98. The minimum Gasteiger partial charge on any atom is -0.366 e. The monoisotopic (exact) mass is 472 g/mol. The van der Waals surface area contributed by atoms with E-state index in [2.05, 4.69) is 20.0 Å². The summed E-state index contributed by atoms with van der Waals surface area (Å²) >= 11 is 6.46. The van der Waals surface area contributed by atoms with Crippen molar-refractivity contribution in [1.82, 2.24) is 29.1 Å². The molecule has 2 N–H and O–H groups in total. The molecule has 1 saturated heterocycles. The van der Waals surface area contributed by atoms with Crippen LogP contribution in [-0.4, -0.2) is 35.7 Å². The van der Waals surface area contributed by atoms with Crippen LogP contribution >= 0.6 is 11.6 Å². The molecule has 4 heterocycles. The first-order valence-corrected chi connectivity index (χ1v) is 11.4. The van der Waals surface area contributed by atoms with Gasteiger partial charge in [-0.05, 0) is 43.5 Å². The highest BCUT2D eigenvalue weighted by atomic mass is 35.5. The number of fused-ring (bicyclic) bond motifs is 2. The summed E-state index contributed by atoms with van der Waals surface area (Å²) in [5.74, 6) is 1.41. The molecule has 1 aliphatic heterocycles. The number of para-hydroxylation sites is 1. The molecule has 0 bridgehead atoms. The van der Waals surface area contributed by atoms with E-state index in [-0.39, 0.29) is 17.5 Å². The molecule has 5 aromatic rings. The normalized spacial score (nSPS) is 16.1. The van der Waals surface area contributed by atoms with Gasteiger partial charge in [0.05, 0.1) is 27.7 Å². The fourth-order valence-electron chi connectivity index (χ4n) is 4.79. The van der Waals surface area contributed by atoms with E-state index in [0.29, 0.717) is 33.2 Å². The van der Waals surface area contributed by atoms with Crippen LogP contribution in [0.25, 0.3) is 22.2 Å². The van der Waals surface area contributed by atoms with E-state index in [0.717, 1.165) is 30.6 Å². The molecule has 0 unspecified atom stereocenters. The Labute approximate surface area is 199 Å². The van der Waals surface area contributed by atoms with Crippen molar-refractivity contribution in [2.75, 3.05) is 17.2 Å². The first-order valence-electron chi connectivity index (χ1n) is 11.0. The molecule has 6 rings (SSSR count). The molecule has 2 aromatic carbocycles. The summed E-state index contributed by atoms with van der Waals surface area (Å²) in [5.41, 5.74) is 8.73. The topological polar surface area (TPSA) is 107 Å². The molecule has 3 aromatic heterocycles. The van der Waals surface area contributed by atoms with Crippen LogP contribution in [0.15, 0.2) is 59.7 Å². The van der Waals surface area contributed by atoms with E-state index in [9.17, 15) is 4.79 Å². The number of imidazole rings is 1. The van der Waals surface area contributed by atoms with Crippen LogP contribution in [0, 0.1) is 6.92 Å². The molecule has 0 spiro atoms. The molecule has 0 amide bonds. The van der Waals surface area contributed by atoms with Gasteiger partial charge in [0, 0.05) is 18.9 Å². The summed E-state index contributed by atoms with van der Waals surface area (Å²) in [4.78, 5) is 30.0. The van der Waals surface area contributed by atoms with Gasteiger partial charge in [0.25, 0.3) is 5.56 Å². The highest BCUT2D eigenvalue weighted by molar-refractivity contribution is 6.35. The van der Waals surface area contributed by atoms with Crippen molar-refractivity contribution in [3.05, 3.63) is 81.6 Å². The van der Waals surface area contributed by atoms with Gasteiger partial charge in [-0.2, -0.15) is 4.98 Å². The molecule has 0 aliphatic carbocycles. The lowest BCUT2D eigenvalue weighted by Crippen LogP contribution is -2.32. The van der Waals surface area contributed by atoms with Crippen LogP contribution < -0.4 is 16.2 Å². The molecule has 170 valence electrons. The van der Waals surface area contributed by atoms with Gasteiger partial charge in [0.15, 0.2) is 11.5 Å². The Morgan fingerprint density at radius 1 is 1.12 bits per heavy atom. The maximum Gasteiger partial charge on any atom is 0.267 e. The van der Waals surface area contributed by atoms with Crippen LogP contribution in [0.3, 0.4) is 0 Å². The second kappa shape index (κ2) is 7.81. The van der Waals surface area contributed by atoms with Crippen LogP contribution in [0.2, 0.25) is 5.02 Å². The fraction of sp³-hybridized carbons (Fsp3) is 0.208. The van der Waals surface area contributed by atoms with E-state index < -0.39 is 0 Å². The summed E-state index contributed by atoms with van der Waals surface area (Å²) in [7, 11) is 0. The van der Waals surface area contributed by atoms with Gasteiger partial charge in [-0.25, -0.2) is 14.5 Å². The number of nitrogen functional groups attached to an aromatic ring is 1. The zero-order chi connectivity index (χ0) is 23.4. The molecule has 1 fully saturated rings. The number of aromatic nitrogens is 6. The number of hydrogen-bond donors (Lipinski definition) is 1. The van der Waals surface area contributed by atoms with Gasteiger partial charge >= 0.3 is 0 Å². The van der Waals surface area contributed by atoms with Crippen molar-refractivity contribution < 1.29 is 0 Å². The van der Waals surface area contributed by atoms with E-state index >= 15 is 0 Å². The summed E-state index contributed by atoms with van der Waals surface area (Å²) in [6.45, 7) is 2.70. The van der Waals surface area contributed by atoms with Crippen LogP contribution in [0.5, 0.6) is 0 Å². The van der Waals surface area contributed by atoms with Crippen LogP contribution in [-0.2, 0) is 0 Å². The smallest absolute Gasteiger partial charge is 0.267 e. The number of benzene rings is 2. The van der Waals surface area contributed by atoms with Gasteiger partial charge in [0.2, 0.25) is 5.95 Å². The maximum atomic E-state index is 13.9. The third-order valence-electron chi connectivity index (χ3n) is 6.30. The lowest BCUT2D eigenvalue weighted by molar-refractivity contribution is 0.631. The van der Waals surface area contributed by atoms with Crippen molar-refractivity contribution >= 4 is 39.9 Å². The van der Waals surface area contributed by atoms with Crippen molar-refractivity contribution in [3.63, 3.8) is 0 Å². The highest BCUT2D eigenvalue weighted by Gasteiger charge is 2.34. The number of rotatable bonds is 3. The van der Waals surface area contributed by atoms with E-state index in [1.807, 2.05) is 43.3 Å². The Balaban J connectivity index is 1.64. The average molecular weight is 473 g/mol. The third kappa shape index (κ3) is 3.12. The summed E-state index contributed by atoms with van der Waals surface area (Å²) in [5, 5.41) is 5.00. The molecular weight excluding hydrogens is 452 g/mol. The van der Waals surface area contributed by atoms with Crippen molar-refractivity contribution in [2.24, 2.45) is 0 Å². The van der Waals surface area contributed by atoms with Crippen molar-refractivity contribution in [3.8, 4) is 5.69 Å². The first-order chi connectivity index (χ1) is 16.5. The standard InChI is InChI=1S/C24H21ClN8O/c1-14-6-2-3-9-17(14)33-20(28-16-8-4-7-15(25)19(16)23(33)34)18-10-5-12-31(18)22-21-27-11-13-32(21)30-24(26)29-22/h2-4,6-9,11,13,18H,5,10,12H2,1H3,(H2,26,30)/t18-/m0/s1. The summed E-state index contributed by atoms with van der Waals surface area (Å²) < 4.78 is 3.31. The number of hydrogen-bond acceptors (Lipinski definition) is 7. The molecular formula is C24H21ClN8O. The Kier molecular flexibility index (Phi) is 4.73. The lowest BCUT2D eigenvalue weighted by atomic mass is 10.1. The van der Waals surface area contributed by atoms with Gasteiger partial charge in [-0.3, -0.25) is 9.36 Å². The quantitative estimate of drug-likeness (QED) is 0.426. The lowest BCUT2D eigenvalue weighted by Gasteiger charge is -2.28. The Morgan fingerprint density at radius 2 is 1.97 bits per heavy atom. The zero-order valence-electron chi connectivity index (χ0n) is 18.4. The third-order valence-corrected chi connectivity index (χ3v) is 6.62. The summed E-state index contributed by atoms with van der Waals surface area (Å²) in [6.07, 6.45) is 5.10. The molecule has 1 atom stereocenters. The van der Waals surface area contributed by atoms with Gasteiger partial charge in [-0.15, -0.1) is 5.10 Å². The Morgan fingerprint density at radius 3 is 2.82 bits per heavy atom. The van der Waals surface area contributed by atoms with Crippen LogP contribution in [0.1, 0.15) is 30.3 Å². The van der Waals surface area contributed by atoms with Crippen LogP contribution in [0.4, 0.5) is 11.8 Å².